The van der Waals surface area contributed by atoms with Crippen LogP contribution in [0.2, 0.25) is 0 Å². The molecule has 0 N–H and O–H groups in total. The molecule has 0 atom stereocenters. The predicted molar refractivity (Wildman–Crippen MR) is 172 cm³/mol. The van der Waals surface area contributed by atoms with Crippen LogP contribution in [0.5, 0.6) is 0 Å². The van der Waals surface area contributed by atoms with Gasteiger partial charge in [-0.2, -0.15) is 0 Å². The number of fused-ring (bicyclic) bond motifs is 10. The highest BCUT2D eigenvalue weighted by Crippen LogP contribution is 2.43. The lowest BCUT2D eigenvalue weighted by atomic mass is 9.97. The zero-order valence-corrected chi connectivity index (χ0v) is 22.7. The first kappa shape index (κ1) is 23.1. The molecule has 3 heterocycles. The van der Waals surface area contributed by atoms with E-state index in [9.17, 15) is 4.79 Å². The van der Waals surface area contributed by atoms with Crippen LogP contribution in [0.25, 0.3) is 82.3 Å². The summed E-state index contributed by atoms with van der Waals surface area (Å²) in [5.41, 5.74) is 8.44. The van der Waals surface area contributed by atoms with Gasteiger partial charge in [0.05, 0.1) is 16.4 Å². The Hall–Kier alpha value is -5.61. The molecular formula is C38H23NO3. The quantitative estimate of drug-likeness (QED) is 0.162. The number of rotatable bonds is 2. The fourth-order valence-corrected chi connectivity index (χ4v) is 6.75. The molecule has 0 radical (unpaired) electrons. The molecule has 42 heavy (non-hydrogen) atoms. The van der Waals surface area contributed by atoms with Crippen molar-refractivity contribution in [2.45, 2.75) is 6.92 Å². The van der Waals surface area contributed by atoms with Crippen molar-refractivity contribution >= 4 is 65.5 Å². The summed E-state index contributed by atoms with van der Waals surface area (Å²) in [6, 6.07) is 41.3. The maximum Gasteiger partial charge on any atom is 0.344 e. The van der Waals surface area contributed by atoms with E-state index >= 15 is 0 Å². The highest BCUT2D eigenvalue weighted by molar-refractivity contribution is 6.28. The minimum Gasteiger partial charge on any atom is -0.455 e. The van der Waals surface area contributed by atoms with Crippen molar-refractivity contribution in [1.82, 2.24) is 4.57 Å². The smallest absolute Gasteiger partial charge is 0.344 e. The third kappa shape index (κ3) is 3.09. The van der Waals surface area contributed by atoms with Gasteiger partial charge in [-0.05, 0) is 60.5 Å². The number of aromatic nitrogens is 1. The minimum atomic E-state index is -0.319. The van der Waals surface area contributed by atoms with Gasteiger partial charge in [-0.15, -0.1) is 0 Å². The Kier molecular flexibility index (Phi) is 4.65. The maximum atomic E-state index is 13.0. The average molecular weight is 542 g/mol. The average Bonchev–Trinajstić information content (AvgIpc) is 3.58. The van der Waals surface area contributed by atoms with E-state index < -0.39 is 0 Å². The number of hydrogen-bond donors (Lipinski definition) is 0. The summed E-state index contributed by atoms with van der Waals surface area (Å²) in [5, 5.41) is 6.80. The molecule has 0 bridgehead atoms. The van der Waals surface area contributed by atoms with Crippen molar-refractivity contribution in [2.75, 3.05) is 0 Å². The van der Waals surface area contributed by atoms with Crippen LogP contribution in [0.4, 0.5) is 0 Å². The lowest BCUT2D eigenvalue weighted by Crippen LogP contribution is -2.00. The summed E-state index contributed by atoms with van der Waals surface area (Å²) in [7, 11) is 0. The van der Waals surface area contributed by atoms with E-state index in [4.69, 9.17) is 8.83 Å². The van der Waals surface area contributed by atoms with Crippen molar-refractivity contribution in [3.05, 3.63) is 137 Å². The highest BCUT2D eigenvalue weighted by Gasteiger charge is 2.21. The largest absolute Gasteiger partial charge is 0.455 e. The Morgan fingerprint density at radius 1 is 0.571 bits per heavy atom. The summed E-state index contributed by atoms with van der Waals surface area (Å²) >= 11 is 0. The van der Waals surface area contributed by atoms with E-state index in [2.05, 4.69) is 78.2 Å². The van der Waals surface area contributed by atoms with Gasteiger partial charge in [0, 0.05) is 43.6 Å². The fourth-order valence-electron chi connectivity index (χ4n) is 6.75. The van der Waals surface area contributed by atoms with Gasteiger partial charge in [-0.1, -0.05) is 78.9 Å². The van der Waals surface area contributed by atoms with E-state index in [0.717, 1.165) is 76.9 Å². The van der Waals surface area contributed by atoms with Gasteiger partial charge < -0.3 is 13.4 Å². The molecule has 0 saturated carbocycles. The third-order valence-corrected chi connectivity index (χ3v) is 8.53. The van der Waals surface area contributed by atoms with Crippen LogP contribution in [-0.4, -0.2) is 4.57 Å². The van der Waals surface area contributed by atoms with Crippen LogP contribution in [0, 0.1) is 6.92 Å². The second-order valence-corrected chi connectivity index (χ2v) is 10.9. The van der Waals surface area contributed by atoms with E-state index in [1.165, 1.54) is 0 Å². The first-order valence-electron chi connectivity index (χ1n) is 14.1. The lowest BCUT2D eigenvalue weighted by Gasteiger charge is -2.11. The van der Waals surface area contributed by atoms with E-state index in [0.29, 0.717) is 11.0 Å². The molecule has 198 valence electrons. The molecule has 0 unspecified atom stereocenters. The topological polar surface area (TPSA) is 48.3 Å². The van der Waals surface area contributed by atoms with Crippen molar-refractivity contribution < 1.29 is 8.83 Å². The molecular weight excluding hydrogens is 518 g/mol. The molecule has 0 fully saturated rings. The lowest BCUT2D eigenvalue weighted by molar-refractivity contribution is 0.570. The van der Waals surface area contributed by atoms with Crippen LogP contribution in [0.3, 0.4) is 0 Å². The molecule has 9 aromatic rings. The first-order chi connectivity index (χ1) is 20.7. The van der Waals surface area contributed by atoms with Crippen molar-refractivity contribution in [3.8, 4) is 16.8 Å². The van der Waals surface area contributed by atoms with Crippen LogP contribution in [0.15, 0.2) is 135 Å². The van der Waals surface area contributed by atoms with E-state index in [-0.39, 0.29) is 5.63 Å². The zero-order valence-electron chi connectivity index (χ0n) is 22.7. The number of furan rings is 1. The molecule has 0 aliphatic carbocycles. The zero-order chi connectivity index (χ0) is 27.9. The van der Waals surface area contributed by atoms with E-state index in [1.54, 1.807) is 0 Å². The minimum absolute atomic E-state index is 0.319. The van der Waals surface area contributed by atoms with Crippen LogP contribution < -0.4 is 5.63 Å². The predicted octanol–water partition coefficient (Wildman–Crippen LogP) is 9.92. The molecule has 9 rings (SSSR count). The van der Waals surface area contributed by atoms with Gasteiger partial charge in [-0.3, -0.25) is 0 Å². The van der Waals surface area contributed by atoms with Crippen LogP contribution in [0.1, 0.15) is 5.56 Å². The van der Waals surface area contributed by atoms with Crippen molar-refractivity contribution in [1.29, 1.82) is 0 Å². The van der Waals surface area contributed by atoms with Gasteiger partial charge in [0.1, 0.15) is 16.7 Å². The molecule has 0 aliphatic rings. The number of aryl methyl sites for hydroxylation is 1. The maximum absolute atomic E-state index is 13.0. The second-order valence-electron chi connectivity index (χ2n) is 10.9. The Labute approximate surface area is 239 Å². The van der Waals surface area contributed by atoms with Crippen LogP contribution >= 0.6 is 0 Å². The summed E-state index contributed by atoms with van der Waals surface area (Å²) in [4.78, 5) is 13.0. The van der Waals surface area contributed by atoms with Crippen molar-refractivity contribution in [2.24, 2.45) is 0 Å². The number of hydrogen-bond acceptors (Lipinski definition) is 3. The Morgan fingerprint density at radius 3 is 2.17 bits per heavy atom. The molecule has 0 amide bonds. The van der Waals surface area contributed by atoms with Gasteiger partial charge in [0.15, 0.2) is 0 Å². The second kappa shape index (κ2) is 8.45. The highest BCUT2D eigenvalue weighted by atomic mass is 16.4. The van der Waals surface area contributed by atoms with Gasteiger partial charge >= 0.3 is 5.63 Å². The monoisotopic (exact) mass is 541 g/mol. The standard InChI is InChI=1S/C38H23NO3/c1-22-20-33-34(27-13-5-6-14-29(27)38(40)42-33)35-30-21-23(18-19-31(30)39(36(22)35)24-10-3-2-4-11-24)25-15-9-16-28-26-12-7-8-17-32(26)41-37(25)28/h2-21H,1H3. The van der Waals surface area contributed by atoms with Crippen LogP contribution in [-0.2, 0) is 0 Å². The normalized spacial score (nSPS) is 12.0. The molecule has 0 spiro atoms. The number of nitrogens with zero attached hydrogens (tertiary/aromatic N) is 1. The molecule has 0 saturated heterocycles. The summed E-state index contributed by atoms with van der Waals surface area (Å²) in [6.07, 6.45) is 0. The molecule has 3 aromatic heterocycles. The summed E-state index contributed by atoms with van der Waals surface area (Å²) < 4.78 is 14.7. The summed E-state index contributed by atoms with van der Waals surface area (Å²) in [6.45, 7) is 2.09. The van der Waals surface area contributed by atoms with Crippen molar-refractivity contribution in [3.63, 3.8) is 0 Å². The SMILES string of the molecule is Cc1cc2oc(=O)c3ccccc3c2c2c3cc(-c4cccc5c4oc4ccccc45)ccc3n(-c3ccccc3)c12. The Balaban J connectivity index is 1.48. The molecule has 6 aromatic carbocycles. The third-order valence-electron chi connectivity index (χ3n) is 8.53. The van der Waals surface area contributed by atoms with Gasteiger partial charge in [0.2, 0.25) is 0 Å². The Morgan fingerprint density at radius 2 is 1.31 bits per heavy atom. The van der Waals surface area contributed by atoms with Gasteiger partial charge in [0.25, 0.3) is 0 Å². The Bertz CT molecular complexity index is 2600. The first-order valence-corrected chi connectivity index (χ1v) is 14.1. The molecule has 4 nitrogen and oxygen atoms in total. The molecule has 4 heteroatoms. The number of para-hydroxylation sites is 3. The fraction of sp³-hybridized carbons (Fsp3) is 0.0263. The molecule has 0 aliphatic heterocycles. The van der Waals surface area contributed by atoms with Gasteiger partial charge in [-0.25, -0.2) is 4.79 Å². The van der Waals surface area contributed by atoms with E-state index in [1.807, 2.05) is 54.6 Å². The number of benzene rings is 6. The summed E-state index contributed by atoms with van der Waals surface area (Å²) in [5.74, 6) is 0.